The van der Waals surface area contributed by atoms with Gasteiger partial charge in [-0.1, -0.05) is 30.3 Å². The van der Waals surface area contributed by atoms with Crippen LogP contribution in [0.3, 0.4) is 0 Å². The molecule has 1 saturated heterocycles. The van der Waals surface area contributed by atoms with E-state index in [2.05, 4.69) is 5.32 Å². The number of nitrogens with one attached hydrogen (secondary N) is 1. The van der Waals surface area contributed by atoms with Crippen molar-refractivity contribution in [2.45, 2.75) is 18.9 Å². The third-order valence-corrected chi connectivity index (χ3v) is 4.62. The Morgan fingerprint density at radius 2 is 1.81 bits per heavy atom. The summed E-state index contributed by atoms with van der Waals surface area (Å²) >= 11 is 0. The Morgan fingerprint density at radius 1 is 1.07 bits per heavy atom. The monoisotopic (exact) mass is 368 g/mol. The Morgan fingerprint density at radius 3 is 2.52 bits per heavy atom. The molecule has 3 rings (SSSR count). The molecule has 1 atom stereocenters. The Hall–Kier alpha value is -3.02. The quantitative estimate of drug-likeness (QED) is 0.816. The van der Waals surface area contributed by atoms with E-state index in [0.717, 1.165) is 24.2 Å². The number of nitrogens with zero attached hydrogens (tertiary/aromatic N) is 1. The van der Waals surface area contributed by atoms with E-state index in [-0.39, 0.29) is 31.0 Å². The third-order valence-electron chi connectivity index (χ3n) is 4.62. The van der Waals surface area contributed by atoms with Crippen molar-refractivity contribution in [2.75, 3.05) is 26.8 Å². The molecule has 0 bridgehead atoms. The molecule has 0 unspecified atom stereocenters. The van der Waals surface area contributed by atoms with Crippen molar-refractivity contribution >= 4 is 11.8 Å². The minimum Gasteiger partial charge on any atom is -0.497 e. The van der Waals surface area contributed by atoms with Crippen LogP contribution in [0, 0.1) is 0 Å². The summed E-state index contributed by atoms with van der Waals surface area (Å²) in [5.41, 5.74) is 1.08. The van der Waals surface area contributed by atoms with E-state index < -0.39 is 0 Å². The fourth-order valence-electron chi connectivity index (χ4n) is 3.23. The average molecular weight is 368 g/mol. The second-order valence-corrected chi connectivity index (χ2v) is 6.40. The third kappa shape index (κ3) is 5.00. The lowest BCUT2D eigenvalue weighted by Crippen LogP contribution is -2.41. The smallest absolute Gasteiger partial charge is 0.258 e. The number of ether oxygens (including phenoxy) is 2. The molecule has 142 valence electrons. The Balaban J connectivity index is 1.49. The van der Waals surface area contributed by atoms with Crippen LogP contribution in [-0.4, -0.2) is 43.5 Å². The Labute approximate surface area is 159 Å². The molecule has 2 aromatic rings. The van der Waals surface area contributed by atoms with Gasteiger partial charge >= 0.3 is 0 Å². The van der Waals surface area contributed by atoms with Gasteiger partial charge in [0, 0.05) is 6.54 Å². The average Bonchev–Trinajstić information content (AvgIpc) is 3.21. The van der Waals surface area contributed by atoms with E-state index in [9.17, 15) is 9.59 Å². The van der Waals surface area contributed by atoms with Gasteiger partial charge in [-0.05, 0) is 42.7 Å². The van der Waals surface area contributed by atoms with Crippen LogP contribution in [0.2, 0.25) is 0 Å². The standard InChI is InChI=1S/C21H24N2O4/c1-26-17-11-9-16(10-12-17)19-8-5-13-23(19)21(25)14-22-20(24)15-27-18-6-3-2-4-7-18/h2-4,6-7,9-12,19H,5,8,13-15H2,1H3,(H,22,24)/t19-/m1/s1. The van der Waals surface area contributed by atoms with Gasteiger partial charge in [0.2, 0.25) is 5.91 Å². The molecule has 1 aliphatic rings. The van der Waals surface area contributed by atoms with Gasteiger partial charge in [-0.15, -0.1) is 0 Å². The molecule has 0 saturated carbocycles. The lowest BCUT2D eigenvalue weighted by atomic mass is 10.0. The van der Waals surface area contributed by atoms with Gasteiger partial charge < -0.3 is 19.7 Å². The first-order valence-electron chi connectivity index (χ1n) is 9.05. The molecular weight excluding hydrogens is 344 g/mol. The van der Waals surface area contributed by atoms with Crippen LogP contribution >= 0.6 is 0 Å². The highest BCUT2D eigenvalue weighted by molar-refractivity contribution is 5.85. The van der Waals surface area contributed by atoms with Crippen molar-refractivity contribution in [1.29, 1.82) is 0 Å². The fourth-order valence-corrected chi connectivity index (χ4v) is 3.23. The zero-order chi connectivity index (χ0) is 19.1. The normalized spacial score (nSPS) is 16.0. The van der Waals surface area contributed by atoms with Gasteiger partial charge in [0.25, 0.3) is 5.91 Å². The number of para-hydroxylation sites is 1. The summed E-state index contributed by atoms with van der Waals surface area (Å²) in [6.45, 7) is 0.564. The number of rotatable bonds is 7. The number of likely N-dealkylation sites (tertiary alicyclic amines) is 1. The van der Waals surface area contributed by atoms with Crippen molar-refractivity contribution in [1.82, 2.24) is 10.2 Å². The van der Waals surface area contributed by atoms with Crippen molar-refractivity contribution in [3.8, 4) is 11.5 Å². The molecule has 0 aromatic heterocycles. The molecule has 1 aliphatic heterocycles. The maximum atomic E-state index is 12.6. The molecule has 2 amide bonds. The van der Waals surface area contributed by atoms with Gasteiger partial charge in [-0.25, -0.2) is 0 Å². The summed E-state index contributed by atoms with van der Waals surface area (Å²) in [7, 11) is 1.63. The van der Waals surface area contributed by atoms with Crippen molar-refractivity contribution in [3.63, 3.8) is 0 Å². The molecule has 6 nitrogen and oxygen atoms in total. The second-order valence-electron chi connectivity index (χ2n) is 6.40. The molecule has 1 fully saturated rings. The van der Waals surface area contributed by atoms with E-state index in [1.54, 1.807) is 19.2 Å². The van der Waals surface area contributed by atoms with E-state index in [1.165, 1.54) is 0 Å². The van der Waals surface area contributed by atoms with Gasteiger partial charge in [0.15, 0.2) is 6.61 Å². The fraction of sp³-hybridized carbons (Fsp3) is 0.333. The summed E-state index contributed by atoms with van der Waals surface area (Å²) < 4.78 is 10.6. The second kappa shape index (κ2) is 9.07. The molecule has 2 aromatic carbocycles. The first-order chi connectivity index (χ1) is 13.2. The summed E-state index contributed by atoms with van der Waals surface area (Å²) in [5.74, 6) is 1.02. The largest absolute Gasteiger partial charge is 0.497 e. The van der Waals surface area contributed by atoms with Crippen molar-refractivity contribution < 1.29 is 19.1 Å². The zero-order valence-electron chi connectivity index (χ0n) is 15.4. The van der Waals surface area contributed by atoms with Crippen LogP contribution in [-0.2, 0) is 9.59 Å². The van der Waals surface area contributed by atoms with Crippen LogP contribution in [0.15, 0.2) is 54.6 Å². The van der Waals surface area contributed by atoms with Gasteiger partial charge in [-0.3, -0.25) is 9.59 Å². The lowest BCUT2D eigenvalue weighted by Gasteiger charge is -2.25. The number of carbonyl (C=O) groups excluding carboxylic acids is 2. The Bertz CT molecular complexity index is 762. The van der Waals surface area contributed by atoms with E-state index in [4.69, 9.17) is 9.47 Å². The summed E-state index contributed by atoms with van der Waals surface area (Å²) in [5, 5.41) is 2.64. The maximum Gasteiger partial charge on any atom is 0.258 e. The molecule has 0 spiro atoms. The summed E-state index contributed by atoms with van der Waals surface area (Å²) in [6, 6.07) is 16.9. The molecular formula is C21H24N2O4. The van der Waals surface area contributed by atoms with Crippen molar-refractivity contribution in [3.05, 3.63) is 60.2 Å². The predicted molar refractivity (Wildman–Crippen MR) is 102 cm³/mol. The number of methoxy groups -OCH3 is 1. The van der Waals surface area contributed by atoms with Crippen LogP contribution in [0.4, 0.5) is 0 Å². The van der Waals surface area contributed by atoms with Crippen LogP contribution in [0.5, 0.6) is 11.5 Å². The zero-order valence-corrected chi connectivity index (χ0v) is 15.4. The Kier molecular flexibility index (Phi) is 6.30. The first kappa shape index (κ1) is 18.8. The molecule has 6 heteroatoms. The minimum absolute atomic E-state index is 0.0242. The number of hydrogen-bond donors (Lipinski definition) is 1. The highest BCUT2D eigenvalue weighted by atomic mass is 16.5. The van der Waals surface area contributed by atoms with Gasteiger partial charge in [0.1, 0.15) is 11.5 Å². The number of carbonyl (C=O) groups is 2. The topological polar surface area (TPSA) is 67.9 Å². The van der Waals surface area contributed by atoms with Crippen LogP contribution < -0.4 is 14.8 Å². The van der Waals surface area contributed by atoms with E-state index in [1.807, 2.05) is 47.4 Å². The number of amides is 2. The van der Waals surface area contributed by atoms with E-state index >= 15 is 0 Å². The highest BCUT2D eigenvalue weighted by Crippen LogP contribution is 2.32. The summed E-state index contributed by atoms with van der Waals surface area (Å²) in [6.07, 6.45) is 1.87. The first-order valence-corrected chi connectivity index (χ1v) is 9.05. The molecule has 0 radical (unpaired) electrons. The predicted octanol–water partition coefficient (Wildman–Crippen LogP) is 2.55. The molecule has 1 N–H and O–H groups in total. The highest BCUT2D eigenvalue weighted by Gasteiger charge is 2.29. The van der Waals surface area contributed by atoms with E-state index in [0.29, 0.717) is 12.3 Å². The number of hydrogen-bond acceptors (Lipinski definition) is 4. The molecule has 1 heterocycles. The molecule has 27 heavy (non-hydrogen) atoms. The van der Waals surface area contributed by atoms with Crippen LogP contribution in [0.25, 0.3) is 0 Å². The van der Waals surface area contributed by atoms with Crippen LogP contribution in [0.1, 0.15) is 24.4 Å². The SMILES string of the molecule is COc1ccc([C@H]2CCCN2C(=O)CNC(=O)COc2ccccc2)cc1. The maximum absolute atomic E-state index is 12.6. The molecule has 0 aliphatic carbocycles. The van der Waals surface area contributed by atoms with Gasteiger partial charge in [-0.2, -0.15) is 0 Å². The van der Waals surface area contributed by atoms with Gasteiger partial charge in [0.05, 0.1) is 19.7 Å². The van der Waals surface area contributed by atoms with Crippen molar-refractivity contribution in [2.24, 2.45) is 0 Å². The summed E-state index contributed by atoms with van der Waals surface area (Å²) in [4.78, 5) is 26.3. The lowest BCUT2D eigenvalue weighted by molar-refractivity contribution is -0.134. The number of benzene rings is 2. The minimum atomic E-state index is -0.313.